The summed E-state index contributed by atoms with van der Waals surface area (Å²) in [5.74, 6) is 2.72. The molecule has 5 nitrogen and oxygen atoms in total. The Morgan fingerprint density at radius 3 is 2.19 bits per heavy atom. The predicted octanol–water partition coefficient (Wildman–Crippen LogP) is 4.02. The summed E-state index contributed by atoms with van der Waals surface area (Å²) < 4.78 is 16.4. The standard InChI is InChI=1S/C20H17NO4S/c1-23-14-7-3-12(4-8-14)16-11-17(13-5-9-15(24-2)10-6-13)25-19-18(16)26-20(22)21-19/h3-11,16H,1-2H3,(H,21,22). The van der Waals surface area contributed by atoms with Gasteiger partial charge < -0.3 is 14.2 Å². The van der Waals surface area contributed by atoms with Gasteiger partial charge in [0.15, 0.2) is 0 Å². The van der Waals surface area contributed by atoms with E-state index in [-0.39, 0.29) is 10.8 Å². The minimum Gasteiger partial charge on any atom is -0.497 e. The second-order valence-corrected chi connectivity index (χ2v) is 6.83. The Bertz CT molecular complexity index is 1000. The molecule has 1 atom stereocenters. The lowest BCUT2D eigenvalue weighted by Crippen LogP contribution is -2.09. The Morgan fingerprint density at radius 1 is 0.962 bits per heavy atom. The zero-order valence-electron chi connectivity index (χ0n) is 14.3. The van der Waals surface area contributed by atoms with Gasteiger partial charge in [0.2, 0.25) is 5.88 Å². The van der Waals surface area contributed by atoms with Crippen molar-refractivity contribution < 1.29 is 14.2 Å². The molecule has 1 aliphatic rings. The van der Waals surface area contributed by atoms with E-state index < -0.39 is 0 Å². The van der Waals surface area contributed by atoms with Crippen LogP contribution in [-0.2, 0) is 0 Å². The van der Waals surface area contributed by atoms with E-state index in [1.165, 1.54) is 11.3 Å². The quantitative estimate of drug-likeness (QED) is 0.757. The summed E-state index contributed by atoms with van der Waals surface area (Å²) in [5, 5.41) is 0. The molecule has 2 aromatic carbocycles. The number of H-pyrrole nitrogens is 1. The Morgan fingerprint density at radius 2 is 1.58 bits per heavy atom. The van der Waals surface area contributed by atoms with Gasteiger partial charge in [0.25, 0.3) is 0 Å². The first-order valence-electron chi connectivity index (χ1n) is 8.09. The number of nitrogens with one attached hydrogen (secondary N) is 1. The van der Waals surface area contributed by atoms with Gasteiger partial charge in [0.05, 0.1) is 19.1 Å². The van der Waals surface area contributed by atoms with E-state index >= 15 is 0 Å². The van der Waals surface area contributed by atoms with Crippen molar-refractivity contribution in [3.05, 3.63) is 80.3 Å². The maximum atomic E-state index is 11.9. The molecule has 6 heteroatoms. The number of rotatable bonds is 4. The Balaban J connectivity index is 1.77. The molecule has 0 bridgehead atoms. The van der Waals surface area contributed by atoms with Crippen LogP contribution >= 0.6 is 11.3 Å². The van der Waals surface area contributed by atoms with Gasteiger partial charge in [0.1, 0.15) is 17.3 Å². The van der Waals surface area contributed by atoms with Gasteiger partial charge in [-0.05, 0) is 48.0 Å². The minimum absolute atomic E-state index is 0.0642. The van der Waals surface area contributed by atoms with Gasteiger partial charge in [0, 0.05) is 11.5 Å². The molecular formula is C20H17NO4S. The number of hydrogen-bond donors (Lipinski definition) is 1. The van der Waals surface area contributed by atoms with Crippen molar-refractivity contribution in [3.63, 3.8) is 0 Å². The molecule has 0 spiro atoms. The normalized spacial score (nSPS) is 15.6. The van der Waals surface area contributed by atoms with Crippen molar-refractivity contribution in [1.82, 2.24) is 4.98 Å². The van der Waals surface area contributed by atoms with E-state index in [0.717, 1.165) is 27.5 Å². The van der Waals surface area contributed by atoms with Crippen LogP contribution in [0.15, 0.2) is 59.4 Å². The molecular weight excluding hydrogens is 350 g/mol. The van der Waals surface area contributed by atoms with E-state index in [1.54, 1.807) is 14.2 Å². The highest BCUT2D eigenvalue weighted by atomic mass is 32.1. The Labute approximate surface area is 154 Å². The molecule has 1 aromatic heterocycles. The van der Waals surface area contributed by atoms with E-state index in [4.69, 9.17) is 14.2 Å². The molecule has 0 saturated carbocycles. The number of methoxy groups -OCH3 is 2. The molecule has 0 radical (unpaired) electrons. The van der Waals surface area contributed by atoms with E-state index in [9.17, 15) is 4.79 Å². The fraction of sp³-hybridized carbons (Fsp3) is 0.150. The summed E-state index contributed by atoms with van der Waals surface area (Å²) in [5.41, 5.74) is 1.98. The van der Waals surface area contributed by atoms with Crippen LogP contribution in [0.25, 0.3) is 5.76 Å². The fourth-order valence-electron chi connectivity index (χ4n) is 2.95. The summed E-state index contributed by atoms with van der Waals surface area (Å²) in [6.07, 6.45) is 2.04. The molecule has 0 amide bonds. The van der Waals surface area contributed by atoms with Crippen LogP contribution < -0.4 is 19.1 Å². The molecule has 132 valence electrons. The van der Waals surface area contributed by atoms with Crippen molar-refractivity contribution in [3.8, 4) is 17.4 Å². The van der Waals surface area contributed by atoms with Crippen LogP contribution in [-0.4, -0.2) is 19.2 Å². The third-order valence-corrected chi connectivity index (χ3v) is 5.25. The summed E-state index contributed by atoms with van der Waals surface area (Å²) in [7, 11) is 3.27. The molecule has 0 fully saturated rings. The molecule has 0 saturated heterocycles. The topological polar surface area (TPSA) is 60.5 Å². The highest BCUT2D eigenvalue weighted by Gasteiger charge is 2.27. The summed E-state index contributed by atoms with van der Waals surface area (Å²) in [6.45, 7) is 0. The van der Waals surface area contributed by atoms with Crippen LogP contribution in [0.5, 0.6) is 17.4 Å². The number of benzene rings is 2. The lowest BCUT2D eigenvalue weighted by Gasteiger charge is -2.22. The maximum absolute atomic E-state index is 11.9. The van der Waals surface area contributed by atoms with Crippen LogP contribution in [0.3, 0.4) is 0 Å². The number of thiazole rings is 1. The Kier molecular flexibility index (Phi) is 4.26. The minimum atomic E-state index is -0.127. The average molecular weight is 367 g/mol. The molecule has 0 aliphatic carbocycles. The maximum Gasteiger partial charge on any atom is 0.307 e. The van der Waals surface area contributed by atoms with Gasteiger partial charge in [-0.3, -0.25) is 9.78 Å². The van der Waals surface area contributed by atoms with Gasteiger partial charge in [-0.2, -0.15) is 0 Å². The van der Waals surface area contributed by atoms with Crippen molar-refractivity contribution >= 4 is 17.1 Å². The molecule has 1 N–H and O–H groups in total. The third-order valence-electron chi connectivity index (χ3n) is 4.30. The molecule has 3 aromatic rings. The van der Waals surface area contributed by atoms with Crippen LogP contribution in [0, 0.1) is 0 Å². The predicted molar refractivity (Wildman–Crippen MR) is 101 cm³/mol. The first kappa shape index (κ1) is 16.5. The van der Waals surface area contributed by atoms with Gasteiger partial charge in [-0.1, -0.05) is 23.5 Å². The second-order valence-electron chi connectivity index (χ2n) is 5.82. The number of hydrogen-bond acceptors (Lipinski definition) is 5. The average Bonchev–Trinajstić information content (AvgIpc) is 3.07. The number of aromatic nitrogens is 1. The number of fused-ring (bicyclic) bond motifs is 1. The first-order chi connectivity index (χ1) is 12.7. The van der Waals surface area contributed by atoms with Gasteiger partial charge in [-0.15, -0.1) is 0 Å². The molecule has 4 rings (SSSR count). The van der Waals surface area contributed by atoms with Crippen molar-refractivity contribution in [2.24, 2.45) is 0 Å². The zero-order chi connectivity index (χ0) is 18.1. The SMILES string of the molecule is COc1ccc(C2=CC(c3ccc(OC)cc3)c3sc(=O)[nH]c3O2)cc1. The largest absolute Gasteiger partial charge is 0.497 e. The summed E-state index contributed by atoms with van der Waals surface area (Å²) in [4.78, 5) is 15.4. The lowest BCUT2D eigenvalue weighted by atomic mass is 9.94. The van der Waals surface area contributed by atoms with Gasteiger partial charge >= 0.3 is 4.87 Å². The summed E-state index contributed by atoms with van der Waals surface area (Å²) >= 11 is 1.17. The van der Waals surface area contributed by atoms with Crippen molar-refractivity contribution in [2.45, 2.75) is 5.92 Å². The van der Waals surface area contributed by atoms with Crippen molar-refractivity contribution in [1.29, 1.82) is 0 Å². The summed E-state index contributed by atoms with van der Waals surface area (Å²) in [6, 6.07) is 15.5. The molecule has 1 aliphatic heterocycles. The highest BCUT2D eigenvalue weighted by molar-refractivity contribution is 7.09. The lowest BCUT2D eigenvalue weighted by molar-refractivity contribution is 0.414. The van der Waals surface area contributed by atoms with E-state index in [0.29, 0.717) is 11.6 Å². The zero-order valence-corrected chi connectivity index (χ0v) is 15.1. The second kappa shape index (κ2) is 6.72. The number of aromatic amines is 1. The van der Waals surface area contributed by atoms with Crippen LogP contribution in [0.1, 0.15) is 21.9 Å². The van der Waals surface area contributed by atoms with Gasteiger partial charge in [-0.25, -0.2) is 0 Å². The molecule has 1 unspecified atom stereocenters. The van der Waals surface area contributed by atoms with E-state index in [2.05, 4.69) is 4.98 Å². The monoisotopic (exact) mass is 367 g/mol. The van der Waals surface area contributed by atoms with Crippen LogP contribution in [0.2, 0.25) is 0 Å². The van der Waals surface area contributed by atoms with Crippen molar-refractivity contribution in [2.75, 3.05) is 14.2 Å². The van der Waals surface area contributed by atoms with E-state index in [1.807, 2.05) is 54.6 Å². The number of ether oxygens (including phenoxy) is 3. The first-order valence-corrected chi connectivity index (χ1v) is 8.90. The van der Waals surface area contributed by atoms with Crippen LogP contribution in [0.4, 0.5) is 0 Å². The third kappa shape index (κ3) is 2.99. The smallest absolute Gasteiger partial charge is 0.307 e. The Hall–Kier alpha value is -2.99. The fourth-order valence-corrected chi connectivity index (χ4v) is 3.81. The molecule has 26 heavy (non-hydrogen) atoms. The highest BCUT2D eigenvalue weighted by Crippen LogP contribution is 2.41. The number of allylic oxidation sites excluding steroid dienone is 1. The molecule has 2 heterocycles.